The van der Waals surface area contributed by atoms with Gasteiger partial charge in [0.1, 0.15) is 5.82 Å². The molecule has 0 saturated heterocycles. The molecule has 0 spiro atoms. The van der Waals surface area contributed by atoms with Gasteiger partial charge in [0.15, 0.2) is 0 Å². The maximum absolute atomic E-state index is 12.6. The SMILES string of the molecule is CCC(N)CNC(=O)C=Cc1ccc(F)cc1. The molecule has 1 aromatic rings. The van der Waals surface area contributed by atoms with Gasteiger partial charge in [-0.05, 0) is 30.2 Å². The lowest BCUT2D eigenvalue weighted by Gasteiger charge is -2.08. The van der Waals surface area contributed by atoms with Crippen LogP contribution in [-0.4, -0.2) is 18.5 Å². The fourth-order valence-corrected chi connectivity index (χ4v) is 1.18. The number of benzene rings is 1. The van der Waals surface area contributed by atoms with Gasteiger partial charge in [0.2, 0.25) is 5.91 Å². The van der Waals surface area contributed by atoms with Gasteiger partial charge in [0, 0.05) is 18.7 Å². The summed E-state index contributed by atoms with van der Waals surface area (Å²) < 4.78 is 12.6. The van der Waals surface area contributed by atoms with Crippen LogP contribution in [0.4, 0.5) is 4.39 Å². The minimum Gasteiger partial charge on any atom is -0.351 e. The van der Waals surface area contributed by atoms with E-state index < -0.39 is 0 Å². The highest BCUT2D eigenvalue weighted by Crippen LogP contribution is 2.04. The van der Waals surface area contributed by atoms with Crippen molar-refractivity contribution < 1.29 is 9.18 Å². The van der Waals surface area contributed by atoms with Crippen LogP contribution in [0.3, 0.4) is 0 Å². The van der Waals surface area contributed by atoms with Gasteiger partial charge in [-0.15, -0.1) is 0 Å². The number of nitrogens with one attached hydrogen (secondary N) is 1. The first-order valence-corrected chi connectivity index (χ1v) is 5.59. The molecule has 0 bridgehead atoms. The zero-order valence-electron chi connectivity index (χ0n) is 9.82. The average molecular weight is 236 g/mol. The van der Waals surface area contributed by atoms with E-state index in [9.17, 15) is 9.18 Å². The Hall–Kier alpha value is -1.68. The molecular weight excluding hydrogens is 219 g/mol. The van der Waals surface area contributed by atoms with Crippen LogP contribution >= 0.6 is 0 Å². The number of hydrogen-bond donors (Lipinski definition) is 2. The monoisotopic (exact) mass is 236 g/mol. The molecule has 0 aliphatic carbocycles. The molecule has 3 nitrogen and oxygen atoms in total. The molecule has 1 amide bonds. The van der Waals surface area contributed by atoms with Gasteiger partial charge >= 0.3 is 0 Å². The highest BCUT2D eigenvalue weighted by molar-refractivity contribution is 5.91. The van der Waals surface area contributed by atoms with E-state index in [4.69, 9.17) is 5.73 Å². The lowest BCUT2D eigenvalue weighted by atomic mass is 10.2. The molecule has 1 aromatic carbocycles. The predicted molar refractivity (Wildman–Crippen MR) is 66.7 cm³/mol. The highest BCUT2D eigenvalue weighted by atomic mass is 19.1. The molecule has 0 radical (unpaired) electrons. The zero-order valence-corrected chi connectivity index (χ0v) is 9.82. The first-order valence-electron chi connectivity index (χ1n) is 5.59. The summed E-state index contributed by atoms with van der Waals surface area (Å²) >= 11 is 0. The summed E-state index contributed by atoms with van der Waals surface area (Å²) in [7, 11) is 0. The lowest BCUT2D eigenvalue weighted by molar-refractivity contribution is -0.116. The number of carbonyl (C=O) groups excluding carboxylic acids is 1. The van der Waals surface area contributed by atoms with Crippen LogP contribution in [0, 0.1) is 5.82 Å². The number of nitrogens with two attached hydrogens (primary N) is 1. The van der Waals surface area contributed by atoms with E-state index in [0.29, 0.717) is 6.54 Å². The Labute approximate surface area is 101 Å². The lowest BCUT2D eigenvalue weighted by Crippen LogP contribution is -2.35. The Bertz CT molecular complexity index is 387. The molecule has 17 heavy (non-hydrogen) atoms. The van der Waals surface area contributed by atoms with Gasteiger partial charge in [-0.25, -0.2) is 4.39 Å². The van der Waals surface area contributed by atoms with Crippen molar-refractivity contribution in [3.05, 3.63) is 41.7 Å². The molecule has 0 aliphatic heterocycles. The number of amides is 1. The van der Waals surface area contributed by atoms with Gasteiger partial charge in [0.05, 0.1) is 0 Å². The topological polar surface area (TPSA) is 55.1 Å². The summed E-state index contributed by atoms with van der Waals surface area (Å²) in [6.07, 6.45) is 3.86. The fourth-order valence-electron chi connectivity index (χ4n) is 1.18. The minimum atomic E-state index is -0.291. The molecular formula is C13H17FN2O. The molecule has 0 fully saturated rings. The number of carbonyl (C=O) groups is 1. The second-order valence-electron chi connectivity index (χ2n) is 3.80. The van der Waals surface area contributed by atoms with Crippen molar-refractivity contribution in [3.8, 4) is 0 Å². The van der Waals surface area contributed by atoms with Crippen LogP contribution in [-0.2, 0) is 4.79 Å². The van der Waals surface area contributed by atoms with Crippen molar-refractivity contribution in [3.63, 3.8) is 0 Å². The minimum absolute atomic E-state index is 0.0156. The normalized spacial score (nSPS) is 12.6. The Morgan fingerprint density at radius 3 is 2.71 bits per heavy atom. The average Bonchev–Trinajstić information content (AvgIpc) is 2.35. The second-order valence-corrected chi connectivity index (χ2v) is 3.80. The smallest absolute Gasteiger partial charge is 0.244 e. The molecule has 3 N–H and O–H groups in total. The summed E-state index contributed by atoms with van der Waals surface area (Å²) in [5, 5.41) is 2.69. The number of rotatable bonds is 5. The maximum atomic E-state index is 12.6. The van der Waals surface area contributed by atoms with E-state index in [-0.39, 0.29) is 17.8 Å². The molecule has 0 saturated carbocycles. The first-order chi connectivity index (χ1) is 8.11. The van der Waals surface area contributed by atoms with Crippen molar-refractivity contribution in [2.45, 2.75) is 19.4 Å². The van der Waals surface area contributed by atoms with E-state index >= 15 is 0 Å². The van der Waals surface area contributed by atoms with Crippen LogP contribution in [0.2, 0.25) is 0 Å². The second kappa shape index (κ2) is 6.81. The Morgan fingerprint density at radius 2 is 2.12 bits per heavy atom. The zero-order chi connectivity index (χ0) is 12.7. The highest BCUT2D eigenvalue weighted by Gasteiger charge is 2.00. The maximum Gasteiger partial charge on any atom is 0.244 e. The standard InChI is InChI=1S/C13H17FN2O/c1-2-12(15)9-16-13(17)8-5-10-3-6-11(14)7-4-10/h3-8,12H,2,9,15H2,1H3,(H,16,17). The van der Waals surface area contributed by atoms with Gasteiger partial charge in [-0.1, -0.05) is 19.1 Å². The van der Waals surface area contributed by atoms with Crippen LogP contribution in [0.5, 0.6) is 0 Å². The third kappa shape index (κ3) is 5.26. The van der Waals surface area contributed by atoms with Crippen LogP contribution in [0.1, 0.15) is 18.9 Å². The van der Waals surface area contributed by atoms with E-state index in [1.54, 1.807) is 18.2 Å². The van der Waals surface area contributed by atoms with E-state index in [0.717, 1.165) is 12.0 Å². The fraction of sp³-hybridized carbons (Fsp3) is 0.308. The van der Waals surface area contributed by atoms with E-state index in [1.807, 2.05) is 6.92 Å². The van der Waals surface area contributed by atoms with Gasteiger partial charge in [-0.3, -0.25) is 4.79 Å². The Balaban J connectivity index is 2.42. The third-order valence-electron chi connectivity index (χ3n) is 2.36. The largest absolute Gasteiger partial charge is 0.351 e. The molecule has 4 heteroatoms. The van der Waals surface area contributed by atoms with Crippen molar-refractivity contribution >= 4 is 12.0 Å². The molecule has 92 valence electrons. The van der Waals surface area contributed by atoms with Crippen molar-refractivity contribution in [1.82, 2.24) is 5.32 Å². The van der Waals surface area contributed by atoms with Crippen LogP contribution < -0.4 is 11.1 Å². The van der Waals surface area contributed by atoms with Crippen molar-refractivity contribution in [2.75, 3.05) is 6.54 Å². The molecule has 0 aromatic heterocycles. The van der Waals surface area contributed by atoms with Crippen molar-refractivity contribution in [2.24, 2.45) is 5.73 Å². The van der Waals surface area contributed by atoms with Gasteiger partial charge in [0.25, 0.3) is 0 Å². The van der Waals surface area contributed by atoms with Gasteiger partial charge < -0.3 is 11.1 Å². The summed E-state index contributed by atoms with van der Waals surface area (Å²) in [6.45, 7) is 2.42. The number of halogens is 1. The summed E-state index contributed by atoms with van der Waals surface area (Å²) in [4.78, 5) is 11.4. The third-order valence-corrected chi connectivity index (χ3v) is 2.36. The van der Waals surface area contributed by atoms with E-state index in [2.05, 4.69) is 5.32 Å². The predicted octanol–water partition coefficient (Wildman–Crippen LogP) is 1.69. The molecule has 0 heterocycles. The number of hydrogen-bond acceptors (Lipinski definition) is 2. The summed E-state index contributed by atoms with van der Waals surface area (Å²) in [6, 6.07) is 5.90. The molecule has 1 rings (SSSR count). The van der Waals surface area contributed by atoms with Crippen LogP contribution in [0.15, 0.2) is 30.3 Å². The first kappa shape index (κ1) is 13.4. The quantitative estimate of drug-likeness (QED) is 0.764. The van der Waals surface area contributed by atoms with Crippen LogP contribution in [0.25, 0.3) is 6.08 Å². The molecule has 0 aliphatic rings. The summed E-state index contributed by atoms with van der Waals surface area (Å²) in [5.41, 5.74) is 6.44. The Morgan fingerprint density at radius 1 is 1.47 bits per heavy atom. The van der Waals surface area contributed by atoms with Crippen molar-refractivity contribution in [1.29, 1.82) is 0 Å². The van der Waals surface area contributed by atoms with E-state index in [1.165, 1.54) is 18.2 Å². The van der Waals surface area contributed by atoms with Gasteiger partial charge in [-0.2, -0.15) is 0 Å². The molecule has 1 unspecified atom stereocenters. The summed E-state index contributed by atoms with van der Waals surface area (Å²) in [5.74, 6) is -0.487. The molecule has 1 atom stereocenters. The Kier molecular flexibility index (Phi) is 5.36.